The van der Waals surface area contributed by atoms with Crippen LogP contribution in [0, 0.1) is 5.92 Å². The van der Waals surface area contributed by atoms with Crippen molar-refractivity contribution < 1.29 is 14.3 Å². The van der Waals surface area contributed by atoms with E-state index in [1.54, 1.807) is 37.0 Å². The summed E-state index contributed by atoms with van der Waals surface area (Å²) in [5.74, 6) is 1.66. The Morgan fingerprint density at radius 1 is 1.02 bits per heavy atom. The van der Waals surface area contributed by atoms with Gasteiger partial charge < -0.3 is 14.4 Å². The lowest BCUT2D eigenvalue weighted by atomic mass is 9.88. The number of carbonyl (C=O) groups is 1. The highest BCUT2D eigenvalue weighted by molar-refractivity contribution is 9.10. The summed E-state index contributed by atoms with van der Waals surface area (Å²) in [6.45, 7) is 2.50. The first-order valence-corrected chi connectivity index (χ1v) is 15.0. The minimum Gasteiger partial charge on any atom is -0.497 e. The van der Waals surface area contributed by atoms with Crippen LogP contribution in [-0.4, -0.2) is 41.1 Å². The van der Waals surface area contributed by atoms with E-state index in [4.69, 9.17) is 14.5 Å². The van der Waals surface area contributed by atoms with Gasteiger partial charge in [-0.2, -0.15) is 0 Å². The first kappa shape index (κ1) is 28.9. The monoisotopic (exact) mass is 617 g/mol. The molecule has 0 spiro atoms. The fourth-order valence-corrected chi connectivity index (χ4v) is 6.33. The molecule has 1 aliphatic rings. The van der Waals surface area contributed by atoms with Crippen LogP contribution in [0.3, 0.4) is 0 Å². The molecule has 4 aromatic rings. The fourth-order valence-electron chi connectivity index (χ4n) is 5.76. The second kappa shape index (κ2) is 12.9. The Balaban J connectivity index is 1.68. The number of hydrogen-bond donors (Lipinski definition) is 0. The van der Waals surface area contributed by atoms with Crippen molar-refractivity contribution in [3.63, 3.8) is 0 Å². The van der Waals surface area contributed by atoms with Gasteiger partial charge in [0.1, 0.15) is 17.3 Å². The van der Waals surface area contributed by atoms with Gasteiger partial charge in [-0.1, -0.05) is 61.7 Å². The average molecular weight is 619 g/mol. The Morgan fingerprint density at radius 3 is 2.44 bits per heavy atom. The van der Waals surface area contributed by atoms with Crippen LogP contribution in [0.25, 0.3) is 16.6 Å². The summed E-state index contributed by atoms with van der Waals surface area (Å²) in [5, 5.41) is 0.492. The van der Waals surface area contributed by atoms with Crippen LogP contribution in [0.1, 0.15) is 56.5 Å². The van der Waals surface area contributed by atoms with E-state index in [1.807, 2.05) is 48.2 Å². The van der Waals surface area contributed by atoms with Crippen molar-refractivity contribution in [2.24, 2.45) is 5.92 Å². The molecule has 1 fully saturated rings. The molecule has 214 valence electrons. The smallest absolute Gasteiger partial charge is 0.266 e. The molecule has 1 aromatic heterocycles. The van der Waals surface area contributed by atoms with Gasteiger partial charge in [-0.05, 0) is 59.8 Å². The van der Waals surface area contributed by atoms with Gasteiger partial charge in [-0.3, -0.25) is 14.2 Å². The molecule has 0 saturated heterocycles. The van der Waals surface area contributed by atoms with Crippen LogP contribution < -0.4 is 15.0 Å². The summed E-state index contributed by atoms with van der Waals surface area (Å²) >= 11 is 3.66. The van der Waals surface area contributed by atoms with Gasteiger partial charge in [0, 0.05) is 24.6 Å². The molecule has 0 bridgehead atoms. The summed E-state index contributed by atoms with van der Waals surface area (Å²) in [4.78, 5) is 35.3. The van der Waals surface area contributed by atoms with E-state index >= 15 is 0 Å². The quantitative estimate of drug-likeness (QED) is 0.205. The number of carbonyl (C=O) groups excluding carboxylic acids is 1. The topological polar surface area (TPSA) is 73.7 Å². The van der Waals surface area contributed by atoms with E-state index in [1.165, 1.54) is 6.42 Å². The molecule has 0 radical (unpaired) electrons. The predicted molar refractivity (Wildman–Crippen MR) is 165 cm³/mol. The summed E-state index contributed by atoms with van der Waals surface area (Å²) < 4.78 is 13.4. The molecule has 0 aliphatic heterocycles. The minimum absolute atomic E-state index is 0.0220. The van der Waals surface area contributed by atoms with Crippen molar-refractivity contribution in [2.75, 3.05) is 20.8 Å². The SMILES string of the molecule is COc1cc(OC)c(Br)c(-n2c(C(C)N(CCc3ccccc3)C(=O)C3CCCCC3)nc3ccccc3c2=O)c1. The molecule has 5 rings (SSSR count). The van der Waals surface area contributed by atoms with E-state index in [0.717, 1.165) is 31.2 Å². The minimum atomic E-state index is -0.477. The van der Waals surface area contributed by atoms with E-state index in [0.29, 0.717) is 51.4 Å². The second-order valence-corrected chi connectivity index (χ2v) is 11.4. The first-order valence-electron chi connectivity index (χ1n) is 14.2. The molecule has 7 nitrogen and oxygen atoms in total. The standard InChI is InChI=1S/C33H36BrN3O4/c1-22(36(19-18-23-12-6-4-7-13-23)32(38)24-14-8-5-9-15-24)31-35-27-17-11-10-16-26(27)33(39)37(31)28-20-25(40-2)21-29(41-3)30(28)34/h4,6-7,10-13,16-17,20-22,24H,5,8-9,14-15,18-19H2,1-3H3. The summed E-state index contributed by atoms with van der Waals surface area (Å²) in [7, 11) is 3.15. The third kappa shape index (κ3) is 6.03. The van der Waals surface area contributed by atoms with Crippen LogP contribution in [-0.2, 0) is 11.2 Å². The highest BCUT2D eigenvalue weighted by Crippen LogP contribution is 2.37. The van der Waals surface area contributed by atoms with Crippen LogP contribution in [0.2, 0.25) is 0 Å². The molecule has 8 heteroatoms. The lowest BCUT2D eigenvalue weighted by Gasteiger charge is -2.34. The van der Waals surface area contributed by atoms with Gasteiger partial charge in [0.25, 0.3) is 5.56 Å². The van der Waals surface area contributed by atoms with Crippen molar-refractivity contribution in [1.29, 1.82) is 0 Å². The van der Waals surface area contributed by atoms with Crippen LogP contribution >= 0.6 is 15.9 Å². The molecule has 1 heterocycles. The van der Waals surface area contributed by atoms with Gasteiger partial charge in [0.15, 0.2) is 0 Å². The normalized spacial score (nSPS) is 14.5. The zero-order valence-electron chi connectivity index (χ0n) is 23.8. The number of benzene rings is 3. The maximum atomic E-state index is 14.2. The van der Waals surface area contributed by atoms with Gasteiger partial charge in [0.05, 0.1) is 41.3 Å². The van der Waals surface area contributed by atoms with Crippen molar-refractivity contribution in [1.82, 2.24) is 14.5 Å². The molecule has 1 saturated carbocycles. The highest BCUT2D eigenvalue weighted by Gasteiger charge is 2.32. The zero-order valence-corrected chi connectivity index (χ0v) is 25.4. The maximum absolute atomic E-state index is 14.2. The van der Waals surface area contributed by atoms with E-state index in [-0.39, 0.29) is 17.4 Å². The number of hydrogen-bond acceptors (Lipinski definition) is 5. The van der Waals surface area contributed by atoms with E-state index < -0.39 is 6.04 Å². The Bertz CT molecular complexity index is 1580. The van der Waals surface area contributed by atoms with E-state index in [2.05, 4.69) is 28.1 Å². The molecule has 41 heavy (non-hydrogen) atoms. The Hall–Kier alpha value is -3.65. The molecule has 1 atom stereocenters. The maximum Gasteiger partial charge on any atom is 0.266 e. The molecular formula is C33H36BrN3O4. The zero-order chi connectivity index (χ0) is 28.9. The average Bonchev–Trinajstić information content (AvgIpc) is 3.02. The number of ether oxygens (including phenoxy) is 2. The van der Waals surface area contributed by atoms with Gasteiger partial charge in [0.2, 0.25) is 5.91 Å². The Morgan fingerprint density at radius 2 is 1.73 bits per heavy atom. The number of nitrogens with zero attached hydrogens (tertiary/aromatic N) is 3. The number of rotatable bonds is 9. The van der Waals surface area contributed by atoms with Gasteiger partial charge in [-0.15, -0.1) is 0 Å². The third-order valence-corrected chi connectivity index (χ3v) is 8.85. The summed E-state index contributed by atoms with van der Waals surface area (Å²) in [6, 6.07) is 20.6. The van der Waals surface area contributed by atoms with Crippen LogP contribution in [0.4, 0.5) is 0 Å². The fraction of sp³-hybridized carbons (Fsp3) is 0.364. The molecule has 1 aliphatic carbocycles. The largest absolute Gasteiger partial charge is 0.497 e. The van der Waals surface area contributed by atoms with Gasteiger partial charge >= 0.3 is 0 Å². The molecule has 3 aromatic carbocycles. The van der Waals surface area contributed by atoms with Crippen LogP contribution in [0.15, 0.2) is 76.0 Å². The van der Waals surface area contributed by atoms with Crippen molar-refractivity contribution in [3.05, 3.63) is 92.9 Å². The number of halogens is 1. The summed E-state index contributed by atoms with van der Waals surface area (Å²) in [6.07, 6.45) is 5.78. The number of amides is 1. The Labute approximate surface area is 249 Å². The van der Waals surface area contributed by atoms with Crippen LogP contribution in [0.5, 0.6) is 11.5 Å². The predicted octanol–water partition coefficient (Wildman–Crippen LogP) is 6.88. The number of fused-ring (bicyclic) bond motifs is 1. The molecular weight excluding hydrogens is 582 g/mol. The van der Waals surface area contributed by atoms with Crippen molar-refractivity contribution in [3.8, 4) is 17.2 Å². The summed E-state index contributed by atoms with van der Waals surface area (Å²) in [5.41, 5.74) is 2.07. The lowest BCUT2D eigenvalue weighted by molar-refractivity contribution is -0.139. The molecule has 1 unspecified atom stereocenters. The number of para-hydroxylation sites is 1. The molecule has 0 N–H and O–H groups in total. The van der Waals surface area contributed by atoms with Crippen molar-refractivity contribution >= 4 is 32.7 Å². The van der Waals surface area contributed by atoms with Gasteiger partial charge in [-0.25, -0.2) is 4.98 Å². The first-order chi connectivity index (χ1) is 19.9. The number of methoxy groups -OCH3 is 2. The molecule has 1 amide bonds. The lowest BCUT2D eigenvalue weighted by Crippen LogP contribution is -2.42. The van der Waals surface area contributed by atoms with Crippen molar-refractivity contribution in [2.45, 2.75) is 51.5 Å². The third-order valence-electron chi connectivity index (χ3n) is 8.05. The van der Waals surface area contributed by atoms with E-state index in [9.17, 15) is 9.59 Å². The number of aromatic nitrogens is 2. The Kier molecular flexibility index (Phi) is 9.08. The highest BCUT2D eigenvalue weighted by atomic mass is 79.9. The second-order valence-electron chi connectivity index (χ2n) is 10.6.